The number of amidine groups is 1. The second kappa shape index (κ2) is 14.3. The van der Waals surface area contributed by atoms with Crippen LogP contribution in [0.2, 0.25) is 0 Å². The van der Waals surface area contributed by atoms with Gasteiger partial charge in [0.15, 0.2) is 11.5 Å². The Balaban J connectivity index is 1.27. The Hall–Kier alpha value is -5.70. The Kier molecular flexibility index (Phi) is 9.45. The standard InChI is InChI=1S/C39H36F2N4O6/c1-45-18-17-43-35(45)27-9-6-10-28(20-27)49-36-32(40)34(51-39-15-13-26(14-16-39)29(21-39)38(46)47-2)33(41)37(44-36)50-31-19-25(22-42)11-12-30(31)48-23-24-7-4-3-5-8-24/h3-12,19-20,26,29H,13-18,21,23H2,1-2H3. The lowest BCUT2D eigenvalue weighted by atomic mass is 9.62. The predicted octanol–water partition coefficient (Wildman–Crippen LogP) is 7.59. The molecule has 3 aliphatic carbocycles. The quantitative estimate of drug-likeness (QED) is 0.147. The lowest BCUT2D eigenvalue weighted by Crippen LogP contribution is -2.51. The van der Waals surface area contributed by atoms with E-state index in [1.807, 2.05) is 54.4 Å². The lowest BCUT2D eigenvalue weighted by Gasteiger charge is -2.49. The molecule has 0 N–H and O–H groups in total. The van der Waals surface area contributed by atoms with E-state index in [-0.39, 0.29) is 47.7 Å². The summed E-state index contributed by atoms with van der Waals surface area (Å²) >= 11 is 0. The number of pyridine rings is 1. The largest absolute Gasteiger partial charge is 0.485 e. The van der Waals surface area contributed by atoms with Gasteiger partial charge in [0, 0.05) is 31.6 Å². The van der Waals surface area contributed by atoms with Gasteiger partial charge in [-0.2, -0.15) is 19.0 Å². The third kappa shape index (κ3) is 7.01. The van der Waals surface area contributed by atoms with E-state index in [4.69, 9.17) is 23.7 Å². The normalized spacial score (nSPS) is 20.7. The van der Waals surface area contributed by atoms with Gasteiger partial charge in [0.1, 0.15) is 23.8 Å². The summed E-state index contributed by atoms with van der Waals surface area (Å²) in [4.78, 5) is 23.4. The van der Waals surface area contributed by atoms with Crippen molar-refractivity contribution in [1.82, 2.24) is 9.88 Å². The molecule has 8 rings (SSSR count). The number of carbonyl (C=O) groups is 1. The maximum absolute atomic E-state index is 16.6. The first-order chi connectivity index (χ1) is 24.8. The van der Waals surface area contributed by atoms with Crippen molar-refractivity contribution in [2.45, 2.75) is 44.3 Å². The number of hydrogen-bond acceptors (Lipinski definition) is 10. The molecule has 3 fully saturated rings. The number of nitrogens with zero attached hydrogens (tertiary/aromatic N) is 4. The van der Waals surface area contributed by atoms with Crippen LogP contribution in [0.5, 0.6) is 34.8 Å². The van der Waals surface area contributed by atoms with Gasteiger partial charge in [-0.3, -0.25) is 9.79 Å². The number of carbonyl (C=O) groups excluding carboxylic acids is 1. The first kappa shape index (κ1) is 33.8. The Morgan fingerprint density at radius 3 is 2.45 bits per heavy atom. The molecule has 12 heteroatoms. The molecule has 1 aromatic heterocycles. The second-order valence-corrected chi connectivity index (χ2v) is 13.0. The van der Waals surface area contributed by atoms with Gasteiger partial charge in [0.25, 0.3) is 11.8 Å². The van der Waals surface area contributed by atoms with Gasteiger partial charge in [0.05, 0.1) is 31.2 Å². The topological polar surface area (TPSA) is 116 Å². The maximum Gasteiger partial charge on any atom is 0.309 e. The Morgan fingerprint density at radius 2 is 1.75 bits per heavy atom. The number of nitriles is 1. The highest BCUT2D eigenvalue weighted by Crippen LogP contribution is 2.52. The van der Waals surface area contributed by atoms with Crippen LogP contribution in [-0.4, -0.2) is 54.5 Å². The number of aliphatic imine (C=N–C) groups is 1. The zero-order chi connectivity index (χ0) is 35.5. The highest BCUT2D eigenvalue weighted by molar-refractivity contribution is 5.99. The van der Waals surface area contributed by atoms with Crippen LogP contribution in [0.3, 0.4) is 0 Å². The Morgan fingerprint density at radius 1 is 0.980 bits per heavy atom. The average molecular weight is 695 g/mol. The molecule has 2 heterocycles. The molecule has 1 aliphatic heterocycles. The van der Waals surface area contributed by atoms with Crippen LogP contribution < -0.4 is 18.9 Å². The number of likely N-dealkylation sites (N-methyl/N-ethyl adjacent to an activating group) is 1. The van der Waals surface area contributed by atoms with Gasteiger partial charge < -0.3 is 28.6 Å². The summed E-state index contributed by atoms with van der Waals surface area (Å²) < 4.78 is 62.5. The molecule has 0 radical (unpaired) electrons. The van der Waals surface area contributed by atoms with Gasteiger partial charge in [-0.25, -0.2) is 0 Å². The van der Waals surface area contributed by atoms with Crippen molar-refractivity contribution in [2.75, 3.05) is 27.2 Å². The van der Waals surface area contributed by atoms with Gasteiger partial charge in [0.2, 0.25) is 17.4 Å². The first-order valence-electron chi connectivity index (χ1n) is 16.8. The molecule has 2 bridgehead atoms. The number of hydrogen-bond donors (Lipinski definition) is 0. The molecule has 4 aliphatic rings. The molecule has 1 unspecified atom stereocenters. The van der Waals surface area contributed by atoms with Crippen molar-refractivity contribution in [3.63, 3.8) is 0 Å². The number of methoxy groups -OCH3 is 1. The van der Waals surface area contributed by atoms with E-state index in [0.29, 0.717) is 32.2 Å². The monoisotopic (exact) mass is 694 g/mol. The molecule has 3 aromatic carbocycles. The minimum absolute atomic E-state index is 0.0220. The van der Waals surface area contributed by atoms with Crippen molar-refractivity contribution in [3.8, 4) is 40.8 Å². The molecule has 51 heavy (non-hydrogen) atoms. The molecule has 0 amide bonds. The van der Waals surface area contributed by atoms with Gasteiger partial charge in [-0.1, -0.05) is 42.5 Å². The van der Waals surface area contributed by atoms with Gasteiger partial charge >= 0.3 is 5.97 Å². The number of halogens is 2. The number of aromatic nitrogens is 1. The fourth-order valence-electron chi connectivity index (χ4n) is 7.10. The Bertz CT molecular complexity index is 2010. The van der Waals surface area contributed by atoms with Crippen LogP contribution in [-0.2, 0) is 16.1 Å². The van der Waals surface area contributed by atoms with E-state index >= 15 is 8.78 Å². The van der Waals surface area contributed by atoms with E-state index < -0.39 is 40.7 Å². The molecular weight excluding hydrogens is 658 g/mol. The summed E-state index contributed by atoms with van der Waals surface area (Å²) in [6.45, 7) is 1.57. The molecule has 0 saturated heterocycles. The molecule has 10 nitrogen and oxygen atoms in total. The smallest absolute Gasteiger partial charge is 0.309 e. The van der Waals surface area contributed by atoms with E-state index in [0.717, 1.165) is 23.5 Å². The zero-order valence-corrected chi connectivity index (χ0v) is 28.2. The third-order valence-electron chi connectivity index (χ3n) is 9.78. The summed E-state index contributed by atoms with van der Waals surface area (Å²) in [5.74, 6) is -3.88. The van der Waals surface area contributed by atoms with E-state index in [1.165, 1.54) is 19.2 Å². The van der Waals surface area contributed by atoms with Crippen molar-refractivity contribution in [3.05, 3.63) is 101 Å². The summed E-state index contributed by atoms with van der Waals surface area (Å²) in [5, 5.41) is 9.64. The minimum atomic E-state index is -1.21. The van der Waals surface area contributed by atoms with Crippen molar-refractivity contribution < 1.29 is 37.3 Å². The summed E-state index contributed by atoms with van der Waals surface area (Å²) in [6, 6.07) is 22.8. The number of benzene rings is 3. The second-order valence-electron chi connectivity index (χ2n) is 13.0. The predicted molar refractivity (Wildman–Crippen MR) is 182 cm³/mol. The average Bonchev–Trinajstić information content (AvgIpc) is 3.61. The number of fused-ring (bicyclic) bond motifs is 3. The molecule has 262 valence electrons. The van der Waals surface area contributed by atoms with Crippen LogP contribution in [0.1, 0.15) is 48.8 Å². The maximum atomic E-state index is 16.6. The van der Waals surface area contributed by atoms with Crippen molar-refractivity contribution in [2.24, 2.45) is 16.8 Å². The minimum Gasteiger partial charge on any atom is -0.485 e. The Labute approximate surface area is 294 Å². The number of rotatable bonds is 11. The van der Waals surface area contributed by atoms with Crippen LogP contribution >= 0.6 is 0 Å². The van der Waals surface area contributed by atoms with Crippen LogP contribution in [0.4, 0.5) is 8.78 Å². The highest BCUT2D eigenvalue weighted by atomic mass is 19.1. The molecule has 4 aromatic rings. The van der Waals surface area contributed by atoms with Crippen LogP contribution in [0.15, 0.2) is 77.8 Å². The molecule has 1 atom stereocenters. The first-order valence-corrected chi connectivity index (χ1v) is 16.8. The van der Waals surface area contributed by atoms with Crippen LogP contribution in [0, 0.1) is 34.8 Å². The van der Waals surface area contributed by atoms with Crippen LogP contribution in [0.25, 0.3) is 0 Å². The number of ether oxygens (including phenoxy) is 5. The van der Waals surface area contributed by atoms with E-state index in [2.05, 4.69) is 9.98 Å². The molecular formula is C39H36F2N4O6. The summed E-state index contributed by atoms with van der Waals surface area (Å²) in [6.07, 6.45) is 2.54. The van der Waals surface area contributed by atoms with E-state index in [1.54, 1.807) is 24.3 Å². The molecule has 0 spiro atoms. The van der Waals surface area contributed by atoms with Gasteiger partial charge in [-0.15, -0.1) is 0 Å². The summed E-state index contributed by atoms with van der Waals surface area (Å²) in [5.41, 5.74) is 0.814. The van der Waals surface area contributed by atoms with Gasteiger partial charge in [-0.05, 0) is 61.4 Å². The fourth-order valence-corrected chi connectivity index (χ4v) is 7.10. The van der Waals surface area contributed by atoms with Crippen molar-refractivity contribution in [1.29, 1.82) is 5.26 Å². The SMILES string of the molecule is COC(=O)C1CC2(Oc3c(F)c(Oc4cccc(C5=NCCN5C)c4)nc(Oc4cc(C#N)ccc4OCc4ccccc4)c3F)CCC1CC2. The zero-order valence-electron chi connectivity index (χ0n) is 28.2. The fraction of sp³-hybridized carbons (Fsp3) is 0.333. The molecule has 3 saturated carbocycles. The third-order valence-corrected chi connectivity index (χ3v) is 9.78. The summed E-state index contributed by atoms with van der Waals surface area (Å²) in [7, 11) is 3.26. The highest BCUT2D eigenvalue weighted by Gasteiger charge is 2.51. The van der Waals surface area contributed by atoms with Crippen molar-refractivity contribution >= 4 is 11.8 Å². The number of esters is 1. The van der Waals surface area contributed by atoms with E-state index in [9.17, 15) is 10.1 Å². The lowest BCUT2D eigenvalue weighted by molar-refractivity contribution is -0.158.